The number of hydrogen-bond donors (Lipinski definition) is 1. The highest BCUT2D eigenvalue weighted by Gasteiger charge is 2.29. The molecule has 0 aliphatic heterocycles. The molecule has 0 fully saturated rings. The van der Waals surface area contributed by atoms with Gasteiger partial charge in [0.1, 0.15) is 5.82 Å². The van der Waals surface area contributed by atoms with E-state index in [-0.39, 0.29) is 12.4 Å². The summed E-state index contributed by atoms with van der Waals surface area (Å²) in [6, 6.07) is 9.59. The number of tetrazole rings is 1. The molecule has 0 atom stereocenters. The average molecular weight is 337 g/mol. The Balaban J connectivity index is 1.60. The van der Waals surface area contributed by atoms with E-state index in [4.69, 9.17) is 0 Å². The monoisotopic (exact) mass is 337 g/mol. The van der Waals surface area contributed by atoms with Crippen molar-refractivity contribution in [3.8, 4) is 5.69 Å². The maximum absolute atomic E-state index is 12.2. The van der Waals surface area contributed by atoms with Gasteiger partial charge in [-0.25, -0.2) is 4.68 Å². The number of nitrogens with zero attached hydrogens (tertiary/aromatic N) is 6. The molecule has 0 saturated heterocycles. The molecule has 0 bridgehead atoms. The molecule has 7 nitrogen and oxygen atoms in total. The fraction of sp³-hybridized carbons (Fsp3) is 0.286. The van der Waals surface area contributed by atoms with Gasteiger partial charge in [-0.15, -0.1) is 10.2 Å². The molecule has 0 aliphatic carbocycles. The van der Waals surface area contributed by atoms with Crippen LogP contribution in [0.1, 0.15) is 11.4 Å². The Labute approximate surface area is 135 Å². The molecule has 3 aromatic rings. The van der Waals surface area contributed by atoms with Gasteiger partial charge in [-0.2, -0.15) is 23.1 Å². The quantitative estimate of drug-likeness (QED) is 0.774. The van der Waals surface area contributed by atoms with Gasteiger partial charge in [0.2, 0.25) is 0 Å². The smallest absolute Gasteiger partial charge is 0.361 e. The number of hydrogen-bond acceptors (Lipinski definition) is 5. The molecule has 24 heavy (non-hydrogen) atoms. The van der Waals surface area contributed by atoms with Crippen LogP contribution >= 0.6 is 0 Å². The van der Waals surface area contributed by atoms with E-state index in [0.717, 1.165) is 11.3 Å². The summed E-state index contributed by atoms with van der Waals surface area (Å²) in [7, 11) is 0. The number of alkyl halides is 3. The van der Waals surface area contributed by atoms with E-state index >= 15 is 0 Å². The lowest BCUT2D eigenvalue weighted by Gasteiger charge is -2.03. The third kappa shape index (κ3) is 4.09. The fourth-order valence-corrected chi connectivity index (χ4v) is 2.00. The first-order valence-electron chi connectivity index (χ1n) is 7.09. The summed E-state index contributed by atoms with van der Waals surface area (Å²) in [5, 5.41) is 17.9. The Morgan fingerprint density at radius 1 is 1.08 bits per heavy atom. The van der Waals surface area contributed by atoms with Crippen molar-refractivity contribution in [3.05, 3.63) is 47.9 Å². The molecule has 0 aliphatic rings. The second kappa shape index (κ2) is 6.30. The van der Waals surface area contributed by atoms with Crippen LogP contribution in [0, 0.1) is 6.92 Å². The first-order chi connectivity index (χ1) is 11.4. The molecule has 126 valence electrons. The van der Waals surface area contributed by atoms with Crippen molar-refractivity contribution in [2.45, 2.75) is 26.2 Å². The van der Waals surface area contributed by atoms with Gasteiger partial charge in [0.05, 0.1) is 12.2 Å². The first-order valence-corrected chi connectivity index (χ1v) is 7.09. The van der Waals surface area contributed by atoms with Crippen LogP contribution in [0.15, 0.2) is 36.5 Å². The van der Waals surface area contributed by atoms with Gasteiger partial charge in [0.25, 0.3) is 0 Å². The molecule has 3 rings (SSSR count). The minimum Gasteiger partial charge on any atom is -0.361 e. The number of anilines is 1. The molecule has 0 amide bonds. The van der Waals surface area contributed by atoms with Crippen molar-refractivity contribution < 1.29 is 13.2 Å². The third-order valence-corrected chi connectivity index (χ3v) is 3.13. The SMILES string of the molecule is Cc1ccc(-n2ccc(NCc3nnn(CC(F)(F)F)n3)n2)cc1. The Hall–Kier alpha value is -2.91. The highest BCUT2D eigenvalue weighted by Crippen LogP contribution is 2.16. The van der Waals surface area contributed by atoms with E-state index in [1.807, 2.05) is 31.2 Å². The number of halogens is 3. The van der Waals surface area contributed by atoms with Crippen LogP contribution in [-0.4, -0.2) is 36.2 Å². The molecule has 0 spiro atoms. The van der Waals surface area contributed by atoms with Crippen LogP contribution in [0.3, 0.4) is 0 Å². The lowest BCUT2D eigenvalue weighted by Crippen LogP contribution is -2.19. The highest BCUT2D eigenvalue weighted by atomic mass is 19.4. The topological polar surface area (TPSA) is 73.5 Å². The van der Waals surface area contributed by atoms with E-state index in [2.05, 4.69) is 25.8 Å². The maximum Gasteiger partial charge on any atom is 0.409 e. The number of rotatable bonds is 5. The number of aryl methyl sites for hydroxylation is 1. The molecular formula is C14H14F3N7. The van der Waals surface area contributed by atoms with E-state index in [9.17, 15) is 13.2 Å². The fourth-order valence-electron chi connectivity index (χ4n) is 2.00. The van der Waals surface area contributed by atoms with Gasteiger partial charge in [0, 0.05) is 12.3 Å². The molecular weight excluding hydrogens is 323 g/mol. The summed E-state index contributed by atoms with van der Waals surface area (Å²) in [5.41, 5.74) is 2.06. The minimum absolute atomic E-state index is 0.128. The van der Waals surface area contributed by atoms with Gasteiger partial charge in [-0.1, -0.05) is 17.7 Å². The van der Waals surface area contributed by atoms with E-state index in [0.29, 0.717) is 10.6 Å². The van der Waals surface area contributed by atoms with Gasteiger partial charge in [0.15, 0.2) is 12.4 Å². The summed E-state index contributed by atoms with van der Waals surface area (Å²) in [4.78, 5) is 0.516. The average Bonchev–Trinajstić information content (AvgIpc) is 3.13. The molecule has 1 aromatic carbocycles. The second-order valence-electron chi connectivity index (χ2n) is 5.19. The molecule has 0 saturated carbocycles. The summed E-state index contributed by atoms with van der Waals surface area (Å²) in [6.07, 6.45) is -2.60. The second-order valence-corrected chi connectivity index (χ2v) is 5.19. The van der Waals surface area contributed by atoms with Crippen molar-refractivity contribution in [3.63, 3.8) is 0 Å². The Morgan fingerprint density at radius 2 is 1.83 bits per heavy atom. The molecule has 0 radical (unpaired) electrons. The maximum atomic E-state index is 12.2. The zero-order valence-corrected chi connectivity index (χ0v) is 12.7. The Kier molecular flexibility index (Phi) is 4.19. The standard InChI is InChI=1S/C14H14F3N7/c1-10-2-4-11(5-3-10)23-7-6-12(20-23)18-8-13-19-22-24(21-13)9-14(15,16)17/h2-7H,8-9H2,1H3,(H,18,20). The van der Waals surface area contributed by atoms with Crippen molar-refractivity contribution in [1.29, 1.82) is 0 Å². The van der Waals surface area contributed by atoms with E-state index in [1.165, 1.54) is 0 Å². The van der Waals surface area contributed by atoms with Crippen molar-refractivity contribution >= 4 is 5.82 Å². The van der Waals surface area contributed by atoms with E-state index in [1.54, 1.807) is 16.9 Å². The Bertz CT molecular complexity index is 804. The van der Waals surface area contributed by atoms with Crippen LogP contribution in [-0.2, 0) is 13.1 Å². The van der Waals surface area contributed by atoms with Crippen LogP contribution < -0.4 is 5.32 Å². The zero-order valence-electron chi connectivity index (χ0n) is 12.7. The minimum atomic E-state index is -4.38. The van der Waals surface area contributed by atoms with Crippen molar-refractivity contribution in [1.82, 2.24) is 30.0 Å². The zero-order chi connectivity index (χ0) is 17.2. The Morgan fingerprint density at radius 3 is 2.54 bits per heavy atom. The van der Waals surface area contributed by atoms with E-state index < -0.39 is 12.7 Å². The summed E-state index contributed by atoms with van der Waals surface area (Å²) in [6.45, 7) is 0.865. The normalized spacial score (nSPS) is 11.7. The molecule has 2 heterocycles. The molecule has 0 unspecified atom stereocenters. The first kappa shape index (κ1) is 16.0. The van der Waals surface area contributed by atoms with Gasteiger partial charge in [-0.05, 0) is 24.3 Å². The third-order valence-electron chi connectivity index (χ3n) is 3.13. The van der Waals surface area contributed by atoms with Crippen LogP contribution in [0.25, 0.3) is 5.69 Å². The number of benzene rings is 1. The number of nitrogens with one attached hydrogen (secondary N) is 1. The van der Waals surface area contributed by atoms with Crippen LogP contribution in [0.2, 0.25) is 0 Å². The van der Waals surface area contributed by atoms with Crippen molar-refractivity contribution in [2.24, 2.45) is 0 Å². The lowest BCUT2D eigenvalue weighted by atomic mass is 10.2. The largest absolute Gasteiger partial charge is 0.409 e. The molecule has 2 aromatic heterocycles. The summed E-state index contributed by atoms with van der Waals surface area (Å²) < 4.78 is 38.4. The predicted octanol–water partition coefficient (Wildman–Crippen LogP) is 2.34. The van der Waals surface area contributed by atoms with Crippen molar-refractivity contribution in [2.75, 3.05) is 5.32 Å². The lowest BCUT2D eigenvalue weighted by molar-refractivity contribution is -0.145. The predicted molar refractivity (Wildman–Crippen MR) is 79.5 cm³/mol. The van der Waals surface area contributed by atoms with Gasteiger partial charge >= 0.3 is 6.18 Å². The molecule has 10 heteroatoms. The van der Waals surface area contributed by atoms with Gasteiger partial charge < -0.3 is 5.32 Å². The molecule has 1 N–H and O–H groups in total. The van der Waals surface area contributed by atoms with Crippen LogP contribution in [0.4, 0.5) is 19.0 Å². The summed E-state index contributed by atoms with van der Waals surface area (Å²) >= 11 is 0. The highest BCUT2D eigenvalue weighted by molar-refractivity contribution is 5.38. The van der Waals surface area contributed by atoms with Crippen LogP contribution in [0.5, 0.6) is 0 Å². The summed E-state index contributed by atoms with van der Waals surface area (Å²) in [5.74, 6) is 0.715. The number of aromatic nitrogens is 6. The van der Waals surface area contributed by atoms with Gasteiger partial charge in [-0.3, -0.25) is 0 Å².